The lowest BCUT2D eigenvalue weighted by molar-refractivity contribution is -0.138. The Balaban J connectivity index is 3.90. The zero-order valence-corrected chi connectivity index (χ0v) is 9.69. The normalized spacial score (nSPS) is 15.3. The van der Waals surface area contributed by atoms with E-state index in [0.717, 1.165) is 0 Å². The number of hydrogen-bond donors (Lipinski definition) is 3. The zero-order valence-electron chi connectivity index (χ0n) is 9.69. The largest absolute Gasteiger partial charge is 0.480 e. The molecule has 2 unspecified atom stereocenters. The van der Waals surface area contributed by atoms with Gasteiger partial charge in [-0.15, -0.1) is 0 Å². The van der Waals surface area contributed by atoms with Crippen molar-refractivity contribution in [1.82, 2.24) is 5.32 Å². The maximum Gasteiger partial charge on any atom is 0.321 e. The fourth-order valence-electron chi connectivity index (χ4n) is 1.10. The summed E-state index contributed by atoms with van der Waals surface area (Å²) in [5.74, 6) is -0.598. The summed E-state index contributed by atoms with van der Waals surface area (Å²) in [6.07, 6.45) is 0. The van der Waals surface area contributed by atoms with Crippen molar-refractivity contribution in [2.75, 3.05) is 19.8 Å². The molecule has 5 heteroatoms. The molecule has 0 bridgehead atoms. The molecule has 5 nitrogen and oxygen atoms in total. The second-order valence-corrected chi connectivity index (χ2v) is 3.86. The molecule has 15 heavy (non-hydrogen) atoms. The lowest BCUT2D eigenvalue weighted by Gasteiger charge is -2.23. The minimum Gasteiger partial charge on any atom is -0.480 e. The molecule has 0 heterocycles. The van der Waals surface area contributed by atoms with Crippen molar-refractivity contribution in [3.05, 3.63) is 0 Å². The molecule has 4 N–H and O–H groups in total. The van der Waals surface area contributed by atoms with Gasteiger partial charge in [0.05, 0.1) is 6.61 Å². The number of rotatable bonds is 8. The smallest absolute Gasteiger partial charge is 0.321 e. The molecule has 0 rings (SSSR count). The number of carbonyl (C=O) groups is 1. The summed E-state index contributed by atoms with van der Waals surface area (Å²) >= 11 is 0. The highest BCUT2D eigenvalue weighted by atomic mass is 16.5. The van der Waals surface area contributed by atoms with Crippen LogP contribution in [-0.2, 0) is 9.53 Å². The van der Waals surface area contributed by atoms with Gasteiger partial charge >= 0.3 is 5.97 Å². The van der Waals surface area contributed by atoms with Crippen molar-refractivity contribution < 1.29 is 14.6 Å². The lowest BCUT2D eigenvalue weighted by Crippen LogP contribution is -2.47. The first-order valence-corrected chi connectivity index (χ1v) is 5.28. The van der Waals surface area contributed by atoms with Crippen LogP contribution < -0.4 is 11.1 Å². The second-order valence-electron chi connectivity index (χ2n) is 3.86. The van der Waals surface area contributed by atoms with E-state index in [1.54, 1.807) is 0 Å². The molecule has 0 fully saturated rings. The summed E-state index contributed by atoms with van der Waals surface area (Å²) in [7, 11) is 0. The van der Waals surface area contributed by atoms with Crippen LogP contribution in [0.1, 0.15) is 20.8 Å². The summed E-state index contributed by atoms with van der Waals surface area (Å²) in [6.45, 7) is 7.56. The molecule has 0 saturated carbocycles. The van der Waals surface area contributed by atoms with Gasteiger partial charge in [-0.2, -0.15) is 0 Å². The highest BCUT2D eigenvalue weighted by Crippen LogP contribution is 2.02. The Hall–Kier alpha value is -0.650. The Morgan fingerprint density at radius 2 is 2.13 bits per heavy atom. The van der Waals surface area contributed by atoms with E-state index >= 15 is 0 Å². The van der Waals surface area contributed by atoms with Crippen LogP contribution in [0.5, 0.6) is 0 Å². The maximum absolute atomic E-state index is 10.5. The van der Waals surface area contributed by atoms with Crippen LogP contribution in [0.25, 0.3) is 0 Å². The Morgan fingerprint density at radius 1 is 1.53 bits per heavy atom. The zero-order chi connectivity index (χ0) is 11.8. The molecule has 0 aliphatic heterocycles. The summed E-state index contributed by atoms with van der Waals surface area (Å²) in [5.41, 5.74) is 5.39. The van der Waals surface area contributed by atoms with Crippen molar-refractivity contribution in [2.45, 2.75) is 32.9 Å². The van der Waals surface area contributed by atoms with Gasteiger partial charge in [0.25, 0.3) is 0 Å². The van der Waals surface area contributed by atoms with Crippen LogP contribution >= 0.6 is 0 Å². The number of ether oxygens (including phenoxy) is 1. The summed E-state index contributed by atoms with van der Waals surface area (Å²) in [5, 5.41) is 11.7. The van der Waals surface area contributed by atoms with E-state index in [4.69, 9.17) is 15.6 Å². The first kappa shape index (κ1) is 14.3. The Kier molecular flexibility index (Phi) is 7.29. The first-order valence-electron chi connectivity index (χ1n) is 5.28. The molecule has 2 atom stereocenters. The highest BCUT2D eigenvalue weighted by Gasteiger charge is 2.17. The average Bonchev–Trinajstić information content (AvgIpc) is 2.16. The standard InChI is InChI=1S/C10H22N2O3/c1-4-15-6-9(7(2)3)12-5-8(11)10(13)14/h7-9,12H,4-6,11H2,1-3H3,(H,13,14). The van der Waals surface area contributed by atoms with E-state index in [2.05, 4.69) is 19.2 Å². The summed E-state index contributed by atoms with van der Waals surface area (Å²) in [6, 6.07) is -0.705. The molecule has 90 valence electrons. The molecule has 0 aromatic rings. The molecular formula is C10H22N2O3. The van der Waals surface area contributed by atoms with Gasteiger partial charge in [0.2, 0.25) is 0 Å². The second kappa shape index (κ2) is 7.62. The minimum atomic E-state index is -0.985. The number of carboxylic acid groups (broad SMARTS) is 1. The van der Waals surface area contributed by atoms with Gasteiger partial charge in [-0.05, 0) is 12.8 Å². The van der Waals surface area contributed by atoms with Gasteiger partial charge < -0.3 is 20.9 Å². The fourth-order valence-corrected chi connectivity index (χ4v) is 1.10. The van der Waals surface area contributed by atoms with E-state index < -0.39 is 12.0 Å². The van der Waals surface area contributed by atoms with Gasteiger partial charge in [-0.25, -0.2) is 0 Å². The van der Waals surface area contributed by atoms with Gasteiger partial charge in [0.15, 0.2) is 0 Å². The molecule has 0 aromatic carbocycles. The topological polar surface area (TPSA) is 84.6 Å². The van der Waals surface area contributed by atoms with Crippen molar-refractivity contribution in [3.8, 4) is 0 Å². The number of nitrogens with one attached hydrogen (secondary N) is 1. The average molecular weight is 218 g/mol. The highest BCUT2D eigenvalue weighted by molar-refractivity contribution is 5.73. The molecule has 0 radical (unpaired) electrons. The molecule has 0 aromatic heterocycles. The Morgan fingerprint density at radius 3 is 2.53 bits per heavy atom. The number of carboxylic acids is 1. The van der Waals surface area contributed by atoms with Crippen molar-refractivity contribution in [2.24, 2.45) is 11.7 Å². The molecule has 0 spiro atoms. The van der Waals surface area contributed by atoms with Crippen molar-refractivity contribution in [1.29, 1.82) is 0 Å². The first-order chi connectivity index (χ1) is 6.99. The molecule has 0 aliphatic carbocycles. The third-order valence-corrected chi connectivity index (χ3v) is 2.22. The Labute approximate surface area is 91.0 Å². The van der Waals surface area contributed by atoms with Gasteiger partial charge in [-0.1, -0.05) is 13.8 Å². The van der Waals surface area contributed by atoms with Crippen LogP contribution in [0.2, 0.25) is 0 Å². The van der Waals surface area contributed by atoms with Crippen LogP contribution in [0.15, 0.2) is 0 Å². The third-order valence-electron chi connectivity index (χ3n) is 2.22. The van der Waals surface area contributed by atoms with Crippen LogP contribution in [-0.4, -0.2) is 42.9 Å². The predicted molar refractivity (Wildman–Crippen MR) is 58.7 cm³/mol. The third kappa shape index (κ3) is 6.43. The van der Waals surface area contributed by atoms with Crippen LogP contribution in [0, 0.1) is 5.92 Å². The monoisotopic (exact) mass is 218 g/mol. The van der Waals surface area contributed by atoms with Crippen molar-refractivity contribution in [3.63, 3.8) is 0 Å². The molecule has 0 aliphatic rings. The lowest BCUT2D eigenvalue weighted by atomic mass is 10.1. The Bertz CT molecular complexity index is 186. The van der Waals surface area contributed by atoms with Crippen LogP contribution in [0.3, 0.4) is 0 Å². The van der Waals surface area contributed by atoms with Gasteiger partial charge in [-0.3, -0.25) is 4.79 Å². The van der Waals surface area contributed by atoms with E-state index in [9.17, 15) is 4.79 Å². The van der Waals surface area contributed by atoms with Gasteiger partial charge in [0.1, 0.15) is 6.04 Å². The molecule has 0 saturated heterocycles. The summed E-state index contributed by atoms with van der Waals surface area (Å²) < 4.78 is 5.30. The fraction of sp³-hybridized carbons (Fsp3) is 0.900. The van der Waals surface area contributed by atoms with E-state index in [-0.39, 0.29) is 12.6 Å². The van der Waals surface area contributed by atoms with E-state index in [1.165, 1.54) is 0 Å². The minimum absolute atomic E-state index is 0.148. The van der Waals surface area contributed by atoms with E-state index in [1.807, 2.05) is 6.92 Å². The van der Waals surface area contributed by atoms with Crippen molar-refractivity contribution >= 4 is 5.97 Å². The molecular weight excluding hydrogens is 196 g/mol. The van der Waals surface area contributed by atoms with E-state index in [0.29, 0.717) is 19.1 Å². The quantitative estimate of drug-likeness (QED) is 0.536. The molecule has 0 amide bonds. The number of hydrogen-bond acceptors (Lipinski definition) is 4. The van der Waals surface area contributed by atoms with Crippen LogP contribution in [0.4, 0.5) is 0 Å². The number of nitrogens with two attached hydrogens (primary N) is 1. The predicted octanol–water partition coefficient (Wildman–Crippen LogP) is 0.0490. The maximum atomic E-state index is 10.5. The summed E-state index contributed by atoms with van der Waals surface area (Å²) in [4.78, 5) is 10.5. The SMILES string of the molecule is CCOCC(NCC(N)C(=O)O)C(C)C. The van der Waals surface area contributed by atoms with Gasteiger partial charge in [0, 0.05) is 19.2 Å². The number of aliphatic carboxylic acids is 1.